The number of imide groups is 1. The predicted octanol–water partition coefficient (Wildman–Crippen LogP) is 6.09. The molecule has 2 N–H and O–H groups in total. The Balaban J connectivity index is 0.763. The Labute approximate surface area is 312 Å². The van der Waals surface area contributed by atoms with Gasteiger partial charge in [0, 0.05) is 80.1 Å². The highest BCUT2D eigenvalue weighted by atomic mass is 35.5. The molecule has 53 heavy (non-hydrogen) atoms. The minimum atomic E-state index is -0.375. The number of nitrogens with one attached hydrogen (secondary N) is 2. The van der Waals surface area contributed by atoms with E-state index in [1.165, 1.54) is 18.4 Å². The molecule has 13 heteroatoms. The van der Waals surface area contributed by atoms with Crippen LogP contribution in [0.5, 0.6) is 0 Å². The molecule has 0 radical (unpaired) electrons. The number of piperazine rings is 1. The maximum absolute atomic E-state index is 13.4. The number of anilines is 3. The molecule has 0 bridgehead atoms. The monoisotopic (exact) mass is 732 g/mol. The summed E-state index contributed by atoms with van der Waals surface area (Å²) in [6.07, 6.45) is 8.45. The quantitative estimate of drug-likeness (QED) is 0.187. The molecule has 2 aromatic carbocycles. The van der Waals surface area contributed by atoms with Crippen LogP contribution in [0.15, 0.2) is 67.0 Å². The van der Waals surface area contributed by atoms with Crippen molar-refractivity contribution >= 4 is 68.4 Å². The summed E-state index contributed by atoms with van der Waals surface area (Å²) in [5.74, 6) is 0.949. The number of aromatic amines is 1. The van der Waals surface area contributed by atoms with Gasteiger partial charge in [-0.2, -0.15) is 0 Å². The van der Waals surface area contributed by atoms with E-state index in [0.29, 0.717) is 61.7 Å². The zero-order valence-corrected chi connectivity index (χ0v) is 30.1. The molecule has 3 aromatic heterocycles. The number of hydrogen-bond donors (Lipinski definition) is 2. The molecule has 272 valence electrons. The van der Waals surface area contributed by atoms with Gasteiger partial charge in [0.05, 0.1) is 35.7 Å². The number of carbonyl (C=O) groups excluding carboxylic acids is 3. The number of hydrogen-bond acceptors (Lipinski definition) is 8. The number of benzene rings is 2. The van der Waals surface area contributed by atoms with E-state index < -0.39 is 0 Å². The lowest BCUT2D eigenvalue weighted by Gasteiger charge is -2.35. The highest BCUT2D eigenvalue weighted by Gasteiger charge is 2.30. The summed E-state index contributed by atoms with van der Waals surface area (Å²) in [6, 6.07) is 17.7. The molecule has 3 saturated heterocycles. The summed E-state index contributed by atoms with van der Waals surface area (Å²) in [6.45, 7) is 5.04. The summed E-state index contributed by atoms with van der Waals surface area (Å²) in [5.41, 5.74) is 5.45. The number of rotatable bonds is 9. The van der Waals surface area contributed by atoms with Crippen LogP contribution in [0.1, 0.15) is 43.6 Å². The Morgan fingerprint density at radius 3 is 2.57 bits per heavy atom. The molecular weight excluding hydrogens is 692 g/mol. The van der Waals surface area contributed by atoms with Crippen molar-refractivity contribution in [3.8, 4) is 11.3 Å². The molecule has 12 nitrogen and oxygen atoms in total. The van der Waals surface area contributed by atoms with Gasteiger partial charge < -0.3 is 14.6 Å². The van der Waals surface area contributed by atoms with Gasteiger partial charge in [-0.15, -0.1) is 0 Å². The number of aromatic nitrogens is 3. The number of urea groups is 1. The third kappa shape index (κ3) is 6.71. The van der Waals surface area contributed by atoms with Crippen LogP contribution in [0.25, 0.3) is 33.1 Å². The van der Waals surface area contributed by atoms with Crippen LogP contribution in [0.4, 0.5) is 22.0 Å². The number of fused-ring (bicyclic) bond motifs is 2. The van der Waals surface area contributed by atoms with Crippen molar-refractivity contribution in [3.63, 3.8) is 0 Å². The van der Waals surface area contributed by atoms with E-state index in [4.69, 9.17) is 21.3 Å². The number of nitrogens with zero attached hydrogens (tertiary/aromatic N) is 6. The zero-order valence-electron chi connectivity index (χ0n) is 29.4. The second-order valence-corrected chi connectivity index (χ2v) is 14.8. The molecule has 0 unspecified atom stereocenters. The van der Waals surface area contributed by atoms with Crippen LogP contribution < -0.4 is 20.0 Å². The molecule has 4 aliphatic rings. The maximum atomic E-state index is 13.4. The molecule has 9 rings (SSSR count). The lowest BCUT2D eigenvalue weighted by Crippen LogP contribution is -2.51. The van der Waals surface area contributed by atoms with Crippen LogP contribution in [0.3, 0.4) is 0 Å². The van der Waals surface area contributed by atoms with Crippen molar-refractivity contribution in [1.29, 1.82) is 0 Å². The van der Waals surface area contributed by atoms with Gasteiger partial charge in [0.2, 0.25) is 11.8 Å². The van der Waals surface area contributed by atoms with E-state index in [0.717, 1.165) is 71.2 Å². The molecule has 4 amide bonds. The summed E-state index contributed by atoms with van der Waals surface area (Å²) in [7, 11) is 0. The molecule has 1 saturated carbocycles. The summed E-state index contributed by atoms with van der Waals surface area (Å²) in [5, 5.41) is 6.09. The fraction of sp³-hybridized carbons (Fsp3) is 0.375. The van der Waals surface area contributed by atoms with Crippen molar-refractivity contribution in [2.75, 3.05) is 67.1 Å². The van der Waals surface area contributed by atoms with E-state index in [1.54, 1.807) is 16.0 Å². The van der Waals surface area contributed by atoms with Crippen LogP contribution in [-0.2, 0) is 14.3 Å². The number of pyridine rings is 2. The number of ether oxygens (including phenoxy) is 1. The molecule has 5 aromatic rings. The molecule has 6 heterocycles. The minimum Gasteiger partial charge on any atom is -0.377 e. The van der Waals surface area contributed by atoms with Crippen molar-refractivity contribution in [3.05, 3.63) is 77.6 Å². The summed E-state index contributed by atoms with van der Waals surface area (Å²) >= 11 is 6.95. The van der Waals surface area contributed by atoms with Gasteiger partial charge in [0.1, 0.15) is 11.5 Å². The van der Waals surface area contributed by atoms with Crippen molar-refractivity contribution in [2.24, 2.45) is 0 Å². The molecule has 0 spiro atoms. The number of H-pyrrole nitrogens is 1. The number of piperidine rings is 1. The highest BCUT2D eigenvalue weighted by Crippen LogP contribution is 2.46. The Hall–Kier alpha value is -5.04. The van der Waals surface area contributed by atoms with E-state index in [9.17, 15) is 14.4 Å². The van der Waals surface area contributed by atoms with Crippen molar-refractivity contribution in [2.45, 2.75) is 44.1 Å². The lowest BCUT2D eigenvalue weighted by molar-refractivity contribution is -0.122. The second-order valence-electron chi connectivity index (χ2n) is 14.4. The molecule has 4 fully saturated rings. The van der Waals surface area contributed by atoms with Gasteiger partial charge in [0.15, 0.2) is 0 Å². The van der Waals surface area contributed by atoms with Crippen molar-refractivity contribution < 1.29 is 19.1 Å². The van der Waals surface area contributed by atoms with E-state index in [1.807, 2.05) is 36.5 Å². The average molecular weight is 733 g/mol. The molecule has 0 atom stereocenters. The third-order valence-corrected chi connectivity index (χ3v) is 11.4. The minimum absolute atomic E-state index is 0.0207. The maximum Gasteiger partial charge on any atom is 0.328 e. The Kier molecular flexibility index (Phi) is 8.97. The Bertz CT molecular complexity index is 2230. The summed E-state index contributed by atoms with van der Waals surface area (Å²) < 4.78 is 6.32. The zero-order chi connectivity index (χ0) is 36.1. The van der Waals surface area contributed by atoms with Crippen LogP contribution >= 0.6 is 11.6 Å². The van der Waals surface area contributed by atoms with Gasteiger partial charge in [-0.1, -0.05) is 35.9 Å². The van der Waals surface area contributed by atoms with Gasteiger partial charge in [-0.05, 0) is 72.9 Å². The first kappa shape index (κ1) is 33.8. The number of carbonyl (C=O) groups is 3. The van der Waals surface area contributed by atoms with E-state index in [-0.39, 0.29) is 23.9 Å². The fourth-order valence-corrected chi connectivity index (χ4v) is 8.31. The standard InChI is InChI=1S/C40H41ClN8O4/c41-38-31(23-43-39-37(38)30(22-42-39)25-7-8-25)32-4-2-6-34(44-32)49-18-17-46(24-36(49)51)19-20-53-28-11-14-47(15-12-28)27-9-10-29-26(21-27)3-1-5-33(29)48-16-13-35(50)45-40(48)52/h1-6,9-10,21-23,25,28H,7-8,11-20,24H2,(H,42,43)(H,45,50,52). The SMILES string of the molecule is O=C1CCN(c2cccc3cc(N4CCC(OCCN5CCN(c6cccc(-c7cnc8[nH]cc(C9CC9)c8c7Cl)n6)C(=O)C5)CC4)ccc23)C(=O)N1. The average Bonchev–Trinajstić information content (AvgIpc) is 3.93. The topological polar surface area (TPSA) is 127 Å². The van der Waals surface area contributed by atoms with Gasteiger partial charge in [-0.25, -0.2) is 14.8 Å². The predicted molar refractivity (Wildman–Crippen MR) is 206 cm³/mol. The third-order valence-electron chi connectivity index (χ3n) is 11.0. The van der Waals surface area contributed by atoms with E-state index in [2.05, 4.69) is 49.4 Å². The number of halogens is 1. The molecule has 3 aliphatic heterocycles. The highest BCUT2D eigenvalue weighted by molar-refractivity contribution is 6.38. The second kappa shape index (κ2) is 14.1. The van der Waals surface area contributed by atoms with Crippen LogP contribution in [0.2, 0.25) is 5.02 Å². The smallest absolute Gasteiger partial charge is 0.328 e. The van der Waals surface area contributed by atoms with Gasteiger partial charge >= 0.3 is 6.03 Å². The van der Waals surface area contributed by atoms with Gasteiger partial charge in [-0.3, -0.25) is 29.6 Å². The fourth-order valence-electron chi connectivity index (χ4n) is 7.96. The largest absolute Gasteiger partial charge is 0.377 e. The van der Waals surface area contributed by atoms with Crippen molar-refractivity contribution in [1.82, 2.24) is 25.2 Å². The normalized spacial score (nSPS) is 19.1. The Morgan fingerprint density at radius 1 is 0.906 bits per heavy atom. The molecular formula is C40H41ClN8O4. The van der Waals surface area contributed by atoms with Crippen LogP contribution in [0, 0.1) is 0 Å². The number of amides is 4. The Morgan fingerprint density at radius 2 is 1.75 bits per heavy atom. The first-order valence-electron chi connectivity index (χ1n) is 18.6. The van der Waals surface area contributed by atoms with E-state index >= 15 is 0 Å². The summed E-state index contributed by atoms with van der Waals surface area (Å²) in [4.78, 5) is 58.2. The molecule has 1 aliphatic carbocycles. The van der Waals surface area contributed by atoms with Crippen LogP contribution in [-0.4, -0.2) is 96.2 Å². The first-order valence-corrected chi connectivity index (χ1v) is 18.9. The lowest BCUT2D eigenvalue weighted by atomic mass is 10.0. The van der Waals surface area contributed by atoms with Gasteiger partial charge in [0.25, 0.3) is 0 Å². The first-order chi connectivity index (χ1) is 25.9.